The first-order chi connectivity index (χ1) is 9.49. The van der Waals surface area contributed by atoms with Gasteiger partial charge < -0.3 is 10.2 Å². The number of likely N-dealkylation sites (N-methyl/N-ethyl adjacent to an activating group) is 2. The highest BCUT2D eigenvalue weighted by atomic mass is 32.2. The van der Waals surface area contributed by atoms with E-state index in [1.807, 2.05) is 0 Å². The SMILES string of the molecule is CN1CCCC1CN(C)S(=O)(=O)CCC1CCNCC1. The number of rotatable bonds is 6. The summed E-state index contributed by atoms with van der Waals surface area (Å²) in [6.07, 6.45) is 5.35. The fraction of sp³-hybridized carbons (Fsp3) is 1.00. The number of likely N-dealkylation sites (tertiary alicyclic amines) is 1. The third kappa shape index (κ3) is 4.41. The zero-order valence-electron chi connectivity index (χ0n) is 12.8. The highest BCUT2D eigenvalue weighted by Crippen LogP contribution is 2.20. The maximum Gasteiger partial charge on any atom is 0.213 e. The van der Waals surface area contributed by atoms with Crippen LogP contribution in [0.5, 0.6) is 0 Å². The molecule has 0 amide bonds. The van der Waals surface area contributed by atoms with Gasteiger partial charge in [-0.05, 0) is 64.7 Å². The van der Waals surface area contributed by atoms with Gasteiger partial charge in [-0.15, -0.1) is 0 Å². The van der Waals surface area contributed by atoms with Gasteiger partial charge in [0.1, 0.15) is 0 Å². The van der Waals surface area contributed by atoms with Crippen LogP contribution in [0.2, 0.25) is 0 Å². The summed E-state index contributed by atoms with van der Waals surface area (Å²) in [5.41, 5.74) is 0. The summed E-state index contributed by atoms with van der Waals surface area (Å²) in [5.74, 6) is 0.888. The summed E-state index contributed by atoms with van der Waals surface area (Å²) in [6.45, 7) is 3.81. The Morgan fingerprint density at radius 1 is 1.25 bits per heavy atom. The van der Waals surface area contributed by atoms with E-state index in [1.165, 1.54) is 6.42 Å². The predicted octanol–water partition coefficient (Wildman–Crippen LogP) is 0.732. The molecule has 20 heavy (non-hydrogen) atoms. The van der Waals surface area contributed by atoms with Gasteiger partial charge in [-0.3, -0.25) is 0 Å². The summed E-state index contributed by atoms with van der Waals surface area (Å²) >= 11 is 0. The van der Waals surface area contributed by atoms with Crippen molar-refractivity contribution in [2.45, 2.75) is 38.1 Å². The molecule has 0 bridgehead atoms. The Kier molecular flexibility index (Phi) is 5.84. The minimum Gasteiger partial charge on any atom is -0.317 e. The van der Waals surface area contributed by atoms with Crippen LogP contribution in [0.4, 0.5) is 0 Å². The molecule has 1 unspecified atom stereocenters. The van der Waals surface area contributed by atoms with Gasteiger partial charge in [0.05, 0.1) is 5.75 Å². The van der Waals surface area contributed by atoms with Crippen LogP contribution in [0.1, 0.15) is 32.1 Å². The van der Waals surface area contributed by atoms with Crippen molar-refractivity contribution in [1.82, 2.24) is 14.5 Å². The number of hydrogen-bond acceptors (Lipinski definition) is 4. The van der Waals surface area contributed by atoms with Crippen LogP contribution in [0, 0.1) is 5.92 Å². The number of sulfonamides is 1. The van der Waals surface area contributed by atoms with Crippen LogP contribution >= 0.6 is 0 Å². The summed E-state index contributed by atoms with van der Waals surface area (Å²) < 4.78 is 26.3. The Labute approximate surface area is 123 Å². The van der Waals surface area contributed by atoms with Gasteiger partial charge in [0.2, 0.25) is 10.0 Å². The molecule has 0 aromatic heterocycles. The van der Waals surface area contributed by atoms with E-state index < -0.39 is 10.0 Å². The standard InChI is InChI=1S/C14H29N3O2S/c1-16-10-3-4-14(16)12-17(2)20(18,19)11-7-13-5-8-15-9-6-13/h13-15H,3-12H2,1-2H3. The van der Waals surface area contributed by atoms with Crippen LogP contribution in [0.15, 0.2) is 0 Å². The topological polar surface area (TPSA) is 52.7 Å². The average molecular weight is 303 g/mol. The van der Waals surface area contributed by atoms with Crippen LogP contribution in [0.25, 0.3) is 0 Å². The molecule has 2 aliphatic rings. The molecule has 5 nitrogen and oxygen atoms in total. The Hall–Kier alpha value is -0.170. The molecule has 2 saturated heterocycles. The fourth-order valence-electron chi connectivity index (χ4n) is 3.26. The van der Waals surface area contributed by atoms with E-state index in [0.29, 0.717) is 24.3 Å². The van der Waals surface area contributed by atoms with Crippen LogP contribution in [-0.4, -0.2) is 69.7 Å². The van der Waals surface area contributed by atoms with Crippen LogP contribution < -0.4 is 5.32 Å². The third-order valence-corrected chi connectivity index (χ3v) is 6.71. The molecule has 2 heterocycles. The quantitative estimate of drug-likeness (QED) is 0.786. The molecule has 0 radical (unpaired) electrons. The Bertz CT molecular complexity index is 393. The minimum absolute atomic E-state index is 0.310. The summed E-state index contributed by atoms with van der Waals surface area (Å²) in [6, 6.07) is 0.397. The van der Waals surface area contributed by atoms with Crippen LogP contribution in [-0.2, 0) is 10.0 Å². The lowest BCUT2D eigenvalue weighted by atomic mass is 9.96. The van der Waals surface area contributed by atoms with Crippen molar-refractivity contribution in [3.63, 3.8) is 0 Å². The van der Waals surface area contributed by atoms with Gasteiger partial charge in [-0.25, -0.2) is 12.7 Å². The van der Waals surface area contributed by atoms with Crippen molar-refractivity contribution in [2.75, 3.05) is 46.0 Å². The fourth-order valence-corrected chi connectivity index (χ4v) is 4.60. The van der Waals surface area contributed by atoms with Crippen molar-refractivity contribution in [2.24, 2.45) is 5.92 Å². The molecule has 1 atom stereocenters. The number of nitrogens with one attached hydrogen (secondary N) is 1. The lowest BCUT2D eigenvalue weighted by Crippen LogP contribution is -2.40. The van der Waals surface area contributed by atoms with Crippen molar-refractivity contribution in [1.29, 1.82) is 0 Å². The van der Waals surface area contributed by atoms with E-state index in [4.69, 9.17) is 0 Å². The zero-order chi connectivity index (χ0) is 14.6. The lowest BCUT2D eigenvalue weighted by Gasteiger charge is -2.27. The first kappa shape index (κ1) is 16.2. The number of hydrogen-bond donors (Lipinski definition) is 1. The molecule has 2 aliphatic heterocycles. The molecule has 6 heteroatoms. The van der Waals surface area contributed by atoms with Crippen molar-refractivity contribution in [3.8, 4) is 0 Å². The van der Waals surface area contributed by atoms with E-state index in [0.717, 1.165) is 45.3 Å². The summed E-state index contributed by atoms with van der Waals surface area (Å²) in [7, 11) is 0.746. The molecular weight excluding hydrogens is 274 g/mol. The second-order valence-electron chi connectivity index (χ2n) is 6.36. The van der Waals surface area contributed by atoms with E-state index in [9.17, 15) is 8.42 Å². The van der Waals surface area contributed by atoms with Gasteiger partial charge >= 0.3 is 0 Å². The molecule has 0 saturated carbocycles. The summed E-state index contributed by atoms with van der Waals surface area (Å²) in [4.78, 5) is 2.28. The predicted molar refractivity (Wildman–Crippen MR) is 82.3 cm³/mol. The molecule has 0 aromatic rings. The first-order valence-electron chi connectivity index (χ1n) is 7.84. The normalized spacial score (nSPS) is 26.4. The number of nitrogens with zero attached hydrogens (tertiary/aromatic N) is 2. The van der Waals surface area contributed by atoms with Gasteiger partial charge in [-0.1, -0.05) is 0 Å². The maximum atomic E-state index is 12.4. The van der Waals surface area contributed by atoms with Crippen molar-refractivity contribution >= 4 is 10.0 Å². The summed E-state index contributed by atoms with van der Waals surface area (Å²) in [5, 5.41) is 3.32. The van der Waals surface area contributed by atoms with E-state index >= 15 is 0 Å². The second-order valence-corrected chi connectivity index (χ2v) is 8.55. The molecular formula is C14H29N3O2S. The average Bonchev–Trinajstić information content (AvgIpc) is 2.83. The van der Waals surface area contributed by atoms with Gasteiger partial charge in [-0.2, -0.15) is 0 Å². The molecule has 0 aromatic carbocycles. The molecule has 1 N–H and O–H groups in total. The Balaban J connectivity index is 1.79. The highest BCUT2D eigenvalue weighted by molar-refractivity contribution is 7.89. The second kappa shape index (κ2) is 7.20. The molecule has 2 rings (SSSR count). The molecule has 0 spiro atoms. The Morgan fingerprint density at radius 2 is 1.95 bits per heavy atom. The Morgan fingerprint density at radius 3 is 2.55 bits per heavy atom. The monoisotopic (exact) mass is 303 g/mol. The van der Waals surface area contributed by atoms with Gasteiger partial charge in [0.15, 0.2) is 0 Å². The zero-order valence-corrected chi connectivity index (χ0v) is 13.7. The minimum atomic E-state index is -3.08. The smallest absolute Gasteiger partial charge is 0.213 e. The highest BCUT2D eigenvalue weighted by Gasteiger charge is 2.27. The molecule has 118 valence electrons. The van der Waals surface area contributed by atoms with Crippen molar-refractivity contribution in [3.05, 3.63) is 0 Å². The maximum absolute atomic E-state index is 12.4. The molecule has 2 fully saturated rings. The first-order valence-corrected chi connectivity index (χ1v) is 9.45. The van der Waals surface area contributed by atoms with Gasteiger partial charge in [0, 0.05) is 19.6 Å². The van der Waals surface area contributed by atoms with Crippen molar-refractivity contribution < 1.29 is 8.42 Å². The van der Waals surface area contributed by atoms with Gasteiger partial charge in [0.25, 0.3) is 0 Å². The lowest BCUT2D eigenvalue weighted by molar-refractivity contribution is 0.270. The largest absolute Gasteiger partial charge is 0.317 e. The molecule has 0 aliphatic carbocycles. The third-order valence-electron chi connectivity index (χ3n) is 4.86. The van der Waals surface area contributed by atoms with E-state index in [2.05, 4.69) is 17.3 Å². The van der Waals surface area contributed by atoms with Crippen LogP contribution in [0.3, 0.4) is 0 Å². The number of piperidine rings is 1. The van der Waals surface area contributed by atoms with E-state index in [1.54, 1.807) is 11.4 Å². The van der Waals surface area contributed by atoms with E-state index in [-0.39, 0.29) is 0 Å².